The maximum Gasteiger partial charge on any atom is 0.271 e. The fourth-order valence-corrected chi connectivity index (χ4v) is 4.29. The molecule has 34 heavy (non-hydrogen) atoms. The molecule has 178 valence electrons. The fraction of sp³-hybridized carbons (Fsp3) is 0.320. The lowest BCUT2D eigenvalue weighted by molar-refractivity contribution is -0.125. The van der Waals surface area contributed by atoms with Crippen LogP contribution in [0.15, 0.2) is 59.4 Å². The van der Waals surface area contributed by atoms with Crippen LogP contribution in [0.4, 0.5) is 5.82 Å². The molecule has 2 heterocycles. The Balaban J connectivity index is 1.46. The molecule has 1 aliphatic heterocycles. The molecule has 1 fully saturated rings. The minimum atomic E-state index is -0.246. The number of carbonyl (C=O) groups is 1. The van der Waals surface area contributed by atoms with Crippen molar-refractivity contribution < 1.29 is 14.3 Å². The van der Waals surface area contributed by atoms with Gasteiger partial charge < -0.3 is 19.7 Å². The molecule has 0 bridgehead atoms. The Kier molecular flexibility index (Phi) is 7.37. The molecule has 1 aliphatic rings. The van der Waals surface area contributed by atoms with Gasteiger partial charge in [0.15, 0.2) is 0 Å². The van der Waals surface area contributed by atoms with Gasteiger partial charge in [0, 0.05) is 36.3 Å². The lowest BCUT2D eigenvalue weighted by Crippen LogP contribution is -2.43. The van der Waals surface area contributed by atoms with Gasteiger partial charge in [0.1, 0.15) is 17.3 Å². The number of piperidine rings is 1. The second-order valence-electron chi connectivity index (χ2n) is 8.10. The number of anilines is 1. The molecule has 9 heteroatoms. The van der Waals surface area contributed by atoms with E-state index in [-0.39, 0.29) is 17.4 Å². The minimum absolute atomic E-state index is 0.0299. The standard InChI is InChI=1S/C25H27ClN4O4/c1-33-21-8-9-22(34-2)18(13-21)15-27-25(32)17-5-4-12-29(16-17)23-10-11-24(31)30(28-23)20-7-3-6-19(26)14-20/h3,6-11,13-14,17H,4-5,12,15-16H2,1-2H3,(H,27,32)/t17-/m0/s1. The molecule has 1 saturated heterocycles. The van der Waals surface area contributed by atoms with Gasteiger partial charge in [-0.25, -0.2) is 0 Å². The Labute approximate surface area is 203 Å². The average Bonchev–Trinajstić information content (AvgIpc) is 2.87. The van der Waals surface area contributed by atoms with Gasteiger partial charge in [-0.15, -0.1) is 5.10 Å². The lowest BCUT2D eigenvalue weighted by atomic mass is 9.97. The van der Waals surface area contributed by atoms with Crippen molar-refractivity contribution in [3.8, 4) is 17.2 Å². The molecule has 4 rings (SSSR count). The second-order valence-corrected chi connectivity index (χ2v) is 8.54. The van der Waals surface area contributed by atoms with Gasteiger partial charge in [-0.2, -0.15) is 4.68 Å². The summed E-state index contributed by atoms with van der Waals surface area (Å²) >= 11 is 6.09. The Morgan fingerprint density at radius 2 is 2.00 bits per heavy atom. The zero-order valence-electron chi connectivity index (χ0n) is 19.2. The van der Waals surface area contributed by atoms with Crippen molar-refractivity contribution in [2.45, 2.75) is 19.4 Å². The molecule has 0 spiro atoms. The van der Waals surface area contributed by atoms with Gasteiger partial charge >= 0.3 is 0 Å². The summed E-state index contributed by atoms with van der Waals surface area (Å²) < 4.78 is 12.0. The number of benzene rings is 2. The van der Waals surface area contributed by atoms with Gasteiger partial charge in [-0.05, 0) is 55.3 Å². The third kappa shape index (κ3) is 5.34. The minimum Gasteiger partial charge on any atom is -0.497 e. The molecular formula is C25H27ClN4O4. The molecule has 1 amide bonds. The van der Waals surface area contributed by atoms with Crippen LogP contribution in [-0.2, 0) is 11.3 Å². The first-order valence-electron chi connectivity index (χ1n) is 11.1. The van der Waals surface area contributed by atoms with E-state index in [9.17, 15) is 9.59 Å². The number of rotatable bonds is 7. The van der Waals surface area contributed by atoms with Crippen LogP contribution in [-0.4, -0.2) is 43.0 Å². The highest BCUT2D eigenvalue weighted by Gasteiger charge is 2.27. The van der Waals surface area contributed by atoms with E-state index in [0.29, 0.717) is 41.1 Å². The van der Waals surface area contributed by atoms with Crippen molar-refractivity contribution in [2.24, 2.45) is 5.92 Å². The van der Waals surface area contributed by atoms with Crippen LogP contribution in [0, 0.1) is 5.92 Å². The van der Waals surface area contributed by atoms with Gasteiger partial charge in [-0.3, -0.25) is 9.59 Å². The zero-order valence-corrected chi connectivity index (χ0v) is 19.9. The third-order valence-corrected chi connectivity index (χ3v) is 6.13. The topological polar surface area (TPSA) is 85.7 Å². The third-order valence-electron chi connectivity index (χ3n) is 5.90. The van der Waals surface area contributed by atoms with Crippen molar-refractivity contribution in [3.63, 3.8) is 0 Å². The monoisotopic (exact) mass is 482 g/mol. The highest BCUT2D eigenvalue weighted by Crippen LogP contribution is 2.25. The van der Waals surface area contributed by atoms with Crippen LogP contribution in [0.3, 0.4) is 0 Å². The molecule has 0 radical (unpaired) electrons. The smallest absolute Gasteiger partial charge is 0.271 e. The van der Waals surface area contributed by atoms with E-state index in [0.717, 1.165) is 24.9 Å². The van der Waals surface area contributed by atoms with E-state index in [1.54, 1.807) is 44.6 Å². The maximum absolute atomic E-state index is 13.0. The summed E-state index contributed by atoms with van der Waals surface area (Å²) in [7, 11) is 3.20. The van der Waals surface area contributed by atoms with Crippen molar-refractivity contribution in [2.75, 3.05) is 32.2 Å². The number of hydrogen-bond acceptors (Lipinski definition) is 6. The first kappa shape index (κ1) is 23.6. The number of nitrogens with one attached hydrogen (secondary N) is 1. The summed E-state index contributed by atoms with van der Waals surface area (Å²) in [5, 5.41) is 8.10. The summed E-state index contributed by atoms with van der Waals surface area (Å²) in [5.74, 6) is 1.82. The molecule has 0 aliphatic carbocycles. The molecule has 2 aromatic carbocycles. The molecule has 1 aromatic heterocycles. The Hall–Kier alpha value is -3.52. The largest absolute Gasteiger partial charge is 0.497 e. The normalized spacial score (nSPS) is 15.6. The predicted molar refractivity (Wildman–Crippen MR) is 131 cm³/mol. The first-order chi connectivity index (χ1) is 16.5. The molecular weight excluding hydrogens is 456 g/mol. The summed E-state index contributed by atoms with van der Waals surface area (Å²) in [4.78, 5) is 27.4. The van der Waals surface area contributed by atoms with E-state index >= 15 is 0 Å². The van der Waals surface area contributed by atoms with Crippen LogP contribution in [0.2, 0.25) is 5.02 Å². The van der Waals surface area contributed by atoms with Crippen LogP contribution in [0.25, 0.3) is 5.69 Å². The number of ether oxygens (including phenoxy) is 2. The van der Waals surface area contributed by atoms with Crippen LogP contribution < -0.4 is 25.2 Å². The van der Waals surface area contributed by atoms with Crippen LogP contribution in [0.5, 0.6) is 11.5 Å². The van der Waals surface area contributed by atoms with E-state index in [2.05, 4.69) is 10.4 Å². The molecule has 1 N–H and O–H groups in total. The van der Waals surface area contributed by atoms with E-state index < -0.39 is 0 Å². The Bertz CT molecular complexity index is 1230. The SMILES string of the molecule is COc1ccc(OC)c(CNC(=O)[C@H]2CCCN(c3ccc(=O)n(-c4cccc(Cl)c4)n3)C2)c1. The van der Waals surface area contributed by atoms with Crippen LogP contribution in [0.1, 0.15) is 18.4 Å². The van der Waals surface area contributed by atoms with Crippen molar-refractivity contribution in [1.82, 2.24) is 15.1 Å². The lowest BCUT2D eigenvalue weighted by Gasteiger charge is -2.33. The Morgan fingerprint density at radius 1 is 1.15 bits per heavy atom. The Morgan fingerprint density at radius 3 is 2.76 bits per heavy atom. The van der Waals surface area contributed by atoms with Gasteiger partial charge in [0.25, 0.3) is 5.56 Å². The number of carbonyl (C=O) groups excluding carboxylic acids is 1. The number of nitrogens with zero attached hydrogens (tertiary/aromatic N) is 3. The predicted octanol–water partition coefficient (Wildman–Crippen LogP) is 3.44. The number of aromatic nitrogens is 2. The molecule has 3 aromatic rings. The van der Waals surface area contributed by atoms with E-state index in [1.165, 1.54) is 10.7 Å². The van der Waals surface area contributed by atoms with Crippen LogP contribution >= 0.6 is 11.6 Å². The van der Waals surface area contributed by atoms with Gasteiger partial charge in [-0.1, -0.05) is 17.7 Å². The quantitative estimate of drug-likeness (QED) is 0.555. The summed E-state index contributed by atoms with van der Waals surface area (Å²) in [6.45, 7) is 1.61. The van der Waals surface area contributed by atoms with E-state index in [4.69, 9.17) is 21.1 Å². The number of hydrogen-bond donors (Lipinski definition) is 1. The van der Waals surface area contributed by atoms with Crippen molar-refractivity contribution >= 4 is 23.3 Å². The highest BCUT2D eigenvalue weighted by molar-refractivity contribution is 6.30. The molecule has 0 unspecified atom stereocenters. The molecule has 8 nitrogen and oxygen atoms in total. The van der Waals surface area contributed by atoms with Gasteiger partial charge in [0.2, 0.25) is 5.91 Å². The molecule has 1 atom stereocenters. The summed E-state index contributed by atoms with van der Waals surface area (Å²) in [5.41, 5.74) is 1.19. The van der Waals surface area contributed by atoms with Crippen molar-refractivity contribution in [3.05, 3.63) is 75.5 Å². The molecule has 0 saturated carbocycles. The van der Waals surface area contributed by atoms with Crippen molar-refractivity contribution in [1.29, 1.82) is 0 Å². The fourth-order valence-electron chi connectivity index (χ4n) is 4.11. The summed E-state index contributed by atoms with van der Waals surface area (Å²) in [6.07, 6.45) is 1.63. The highest BCUT2D eigenvalue weighted by atomic mass is 35.5. The number of methoxy groups -OCH3 is 2. The zero-order chi connectivity index (χ0) is 24.1. The number of halogens is 1. The maximum atomic E-state index is 13.0. The summed E-state index contributed by atoms with van der Waals surface area (Å²) in [6, 6.07) is 15.7. The average molecular weight is 483 g/mol. The first-order valence-corrected chi connectivity index (χ1v) is 11.5. The number of amides is 1. The second kappa shape index (κ2) is 10.6. The van der Waals surface area contributed by atoms with Gasteiger partial charge in [0.05, 0.1) is 25.8 Å². The van der Waals surface area contributed by atoms with E-state index in [1.807, 2.05) is 23.1 Å².